The molecule has 3 heterocycles. The Morgan fingerprint density at radius 1 is 1.06 bits per heavy atom. The minimum absolute atomic E-state index is 0.0105. The van der Waals surface area contributed by atoms with Crippen LogP contribution in [-0.4, -0.2) is 62.9 Å². The summed E-state index contributed by atoms with van der Waals surface area (Å²) in [6.45, 7) is 3.57. The van der Waals surface area contributed by atoms with Gasteiger partial charge in [-0.1, -0.05) is 36.8 Å². The van der Waals surface area contributed by atoms with E-state index in [0.717, 1.165) is 49.4 Å². The first-order chi connectivity index (χ1) is 16.9. The van der Waals surface area contributed by atoms with Crippen molar-refractivity contribution in [1.29, 1.82) is 0 Å². The molecule has 7 nitrogen and oxygen atoms in total. The van der Waals surface area contributed by atoms with Crippen LogP contribution in [0.1, 0.15) is 56.2 Å². The number of rotatable bonds is 5. The van der Waals surface area contributed by atoms with Gasteiger partial charge in [0.2, 0.25) is 0 Å². The van der Waals surface area contributed by atoms with Crippen LogP contribution in [0.2, 0.25) is 0 Å². The SMILES string of the molecule is Cc1cn2cc(N3CC4(CCC(c5ccccc5)(N(C)C)CC4)N(CC4CCC4)C3=O)ncc2n1. The van der Waals surface area contributed by atoms with Gasteiger partial charge >= 0.3 is 6.03 Å². The molecule has 7 heteroatoms. The summed E-state index contributed by atoms with van der Waals surface area (Å²) < 4.78 is 1.99. The number of benzene rings is 1. The van der Waals surface area contributed by atoms with E-state index in [1.807, 2.05) is 28.6 Å². The smallest absolute Gasteiger partial charge is 0.317 e. The van der Waals surface area contributed by atoms with E-state index in [4.69, 9.17) is 0 Å². The lowest BCUT2D eigenvalue weighted by atomic mass is 9.68. The highest BCUT2D eigenvalue weighted by molar-refractivity contribution is 5.94. The second-order valence-electron chi connectivity index (χ2n) is 11.2. The zero-order valence-corrected chi connectivity index (χ0v) is 21.2. The quantitative estimate of drug-likeness (QED) is 0.533. The Bertz CT molecular complexity index is 1220. The maximum atomic E-state index is 13.9. The van der Waals surface area contributed by atoms with Crippen LogP contribution in [0.4, 0.5) is 10.6 Å². The van der Waals surface area contributed by atoms with E-state index in [9.17, 15) is 4.79 Å². The number of anilines is 1. The van der Waals surface area contributed by atoms with Crippen LogP contribution in [-0.2, 0) is 5.54 Å². The lowest BCUT2D eigenvalue weighted by molar-refractivity contribution is 0.0172. The molecule has 1 aromatic carbocycles. The summed E-state index contributed by atoms with van der Waals surface area (Å²) in [5.74, 6) is 1.36. The number of urea groups is 1. The van der Waals surface area contributed by atoms with E-state index >= 15 is 0 Å². The molecule has 0 unspecified atom stereocenters. The second-order valence-corrected chi connectivity index (χ2v) is 11.2. The fraction of sp³-hybridized carbons (Fsp3) is 0.536. The highest BCUT2D eigenvalue weighted by Gasteiger charge is 2.55. The van der Waals surface area contributed by atoms with Crippen molar-refractivity contribution in [3.8, 4) is 0 Å². The van der Waals surface area contributed by atoms with Crippen LogP contribution >= 0.6 is 0 Å². The van der Waals surface area contributed by atoms with E-state index in [1.165, 1.54) is 24.8 Å². The molecule has 3 fully saturated rings. The summed E-state index contributed by atoms with van der Waals surface area (Å²) in [6.07, 6.45) is 13.6. The highest BCUT2D eigenvalue weighted by Crippen LogP contribution is 2.50. The predicted molar refractivity (Wildman–Crippen MR) is 138 cm³/mol. The van der Waals surface area contributed by atoms with Crippen molar-refractivity contribution in [3.63, 3.8) is 0 Å². The lowest BCUT2D eigenvalue weighted by Crippen LogP contribution is -2.56. The number of nitrogens with zero attached hydrogens (tertiary/aromatic N) is 6. The molecular formula is C28H36N6O. The van der Waals surface area contributed by atoms with E-state index in [0.29, 0.717) is 12.5 Å². The number of aryl methyl sites for hydroxylation is 1. The van der Waals surface area contributed by atoms with Crippen LogP contribution in [0, 0.1) is 12.8 Å². The third kappa shape index (κ3) is 3.63. The van der Waals surface area contributed by atoms with Crippen LogP contribution in [0.25, 0.3) is 5.65 Å². The third-order valence-electron chi connectivity index (χ3n) is 9.05. The normalized spacial score (nSPS) is 27.4. The van der Waals surface area contributed by atoms with Crippen molar-refractivity contribution >= 4 is 17.5 Å². The maximum absolute atomic E-state index is 13.9. The molecule has 0 N–H and O–H groups in total. The molecule has 0 bridgehead atoms. The van der Waals surface area contributed by atoms with Crippen molar-refractivity contribution in [2.45, 2.75) is 62.9 Å². The Hall–Kier alpha value is -2.93. The first-order valence-corrected chi connectivity index (χ1v) is 13.0. The topological polar surface area (TPSA) is 57.0 Å². The summed E-state index contributed by atoms with van der Waals surface area (Å²) >= 11 is 0. The largest absolute Gasteiger partial charge is 0.326 e. The summed E-state index contributed by atoms with van der Waals surface area (Å²) in [5, 5.41) is 0. The van der Waals surface area contributed by atoms with Gasteiger partial charge in [-0.3, -0.25) is 9.80 Å². The highest BCUT2D eigenvalue weighted by atomic mass is 16.2. The third-order valence-corrected chi connectivity index (χ3v) is 9.05. The standard InChI is InChI=1S/C28H36N6O/c1-21-17-32-19-25(29-16-24(32)30-21)33-20-27(34(26(33)35)18-22-8-7-9-22)12-14-28(15-13-27,31(2)3)23-10-5-4-6-11-23/h4-6,10-11,16-17,19,22H,7-9,12-15,18,20H2,1-3H3. The summed E-state index contributed by atoms with van der Waals surface area (Å²) in [5.41, 5.74) is 3.02. The van der Waals surface area contributed by atoms with Gasteiger partial charge in [-0.2, -0.15) is 0 Å². The van der Waals surface area contributed by atoms with Crippen LogP contribution in [0.3, 0.4) is 0 Å². The van der Waals surface area contributed by atoms with Gasteiger partial charge in [0.05, 0.1) is 30.2 Å². The molecule has 1 spiro atoms. The molecule has 6 rings (SSSR count). The number of fused-ring (bicyclic) bond motifs is 1. The fourth-order valence-electron chi connectivity index (χ4n) is 6.63. The van der Waals surface area contributed by atoms with E-state index in [-0.39, 0.29) is 17.1 Å². The zero-order valence-electron chi connectivity index (χ0n) is 21.2. The van der Waals surface area contributed by atoms with Gasteiger partial charge in [0, 0.05) is 18.3 Å². The molecule has 2 amide bonds. The van der Waals surface area contributed by atoms with Gasteiger partial charge in [0.1, 0.15) is 0 Å². The molecule has 2 aromatic heterocycles. The molecule has 1 saturated heterocycles. The Labute approximate surface area is 207 Å². The Balaban J connectivity index is 1.32. The van der Waals surface area contributed by atoms with Crippen molar-refractivity contribution < 1.29 is 4.79 Å². The first kappa shape index (κ1) is 22.5. The average Bonchev–Trinajstić information content (AvgIpc) is 3.33. The number of carbonyl (C=O) groups is 1. The van der Waals surface area contributed by atoms with Crippen molar-refractivity contribution in [1.82, 2.24) is 24.2 Å². The van der Waals surface area contributed by atoms with Crippen molar-refractivity contribution in [3.05, 3.63) is 60.2 Å². The molecule has 3 aliphatic rings. The van der Waals surface area contributed by atoms with Gasteiger partial charge < -0.3 is 9.30 Å². The number of aromatic nitrogens is 3. The first-order valence-electron chi connectivity index (χ1n) is 13.0. The Kier molecular flexibility index (Phi) is 5.36. The number of amides is 2. The summed E-state index contributed by atoms with van der Waals surface area (Å²) in [6, 6.07) is 11.0. The van der Waals surface area contributed by atoms with Crippen molar-refractivity contribution in [2.24, 2.45) is 5.92 Å². The fourth-order valence-corrected chi connectivity index (χ4v) is 6.63. The lowest BCUT2D eigenvalue weighted by Gasteiger charge is -2.51. The molecule has 1 aliphatic heterocycles. The Morgan fingerprint density at radius 2 is 1.80 bits per heavy atom. The van der Waals surface area contributed by atoms with Crippen LogP contribution in [0.5, 0.6) is 0 Å². The number of hydrogen-bond acceptors (Lipinski definition) is 4. The zero-order chi connectivity index (χ0) is 24.2. The van der Waals surface area contributed by atoms with Crippen LogP contribution < -0.4 is 4.90 Å². The minimum atomic E-state index is -0.136. The molecule has 3 aromatic rings. The van der Waals surface area contributed by atoms with E-state index in [1.54, 1.807) is 6.20 Å². The van der Waals surface area contributed by atoms with Gasteiger partial charge in [0.15, 0.2) is 11.5 Å². The van der Waals surface area contributed by atoms with Gasteiger partial charge in [0.25, 0.3) is 0 Å². The monoisotopic (exact) mass is 472 g/mol. The molecule has 2 aliphatic carbocycles. The second kappa shape index (κ2) is 8.33. The van der Waals surface area contributed by atoms with Crippen molar-refractivity contribution in [2.75, 3.05) is 32.1 Å². The van der Waals surface area contributed by atoms with Gasteiger partial charge in [-0.25, -0.2) is 14.8 Å². The number of imidazole rings is 1. The van der Waals surface area contributed by atoms with E-state index < -0.39 is 0 Å². The molecule has 0 radical (unpaired) electrons. The van der Waals surface area contributed by atoms with Gasteiger partial charge in [-0.05, 0) is 71.0 Å². The number of carbonyl (C=O) groups excluding carboxylic acids is 1. The summed E-state index contributed by atoms with van der Waals surface area (Å²) in [4.78, 5) is 29.7. The predicted octanol–water partition coefficient (Wildman–Crippen LogP) is 4.85. The molecule has 2 saturated carbocycles. The molecular weight excluding hydrogens is 436 g/mol. The minimum Gasteiger partial charge on any atom is -0.317 e. The average molecular weight is 473 g/mol. The van der Waals surface area contributed by atoms with Gasteiger partial charge in [-0.15, -0.1) is 0 Å². The Morgan fingerprint density at radius 3 is 2.46 bits per heavy atom. The number of hydrogen-bond donors (Lipinski definition) is 0. The molecule has 0 atom stereocenters. The van der Waals surface area contributed by atoms with E-state index in [2.05, 4.69) is 64.2 Å². The molecule has 35 heavy (non-hydrogen) atoms. The summed E-state index contributed by atoms with van der Waals surface area (Å²) in [7, 11) is 4.41. The van der Waals surface area contributed by atoms with Crippen LogP contribution in [0.15, 0.2) is 48.9 Å². The molecule has 184 valence electrons. The maximum Gasteiger partial charge on any atom is 0.326 e.